The van der Waals surface area contributed by atoms with Crippen LogP contribution in [0.3, 0.4) is 0 Å². The highest BCUT2D eigenvalue weighted by Gasteiger charge is 2.41. The molecule has 0 aliphatic carbocycles. The fourth-order valence-corrected chi connectivity index (χ4v) is 3.71. The van der Waals surface area contributed by atoms with Gasteiger partial charge in [0.1, 0.15) is 11.6 Å². The SMILES string of the molecule is CC(C)c1c(-c2ccc(F)cc2)nc2n1CCN(C(=O)CN)C2(C)C. The molecule has 3 rings (SSSR count). The number of amides is 1. The minimum absolute atomic E-state index is 0.00794. The summed E-state index contributed by atoms with van der Waals surface area (Å²) in [5.41, 5.74) is 7.90. The first-order chi connectivity index (χ1) is 11.8. The van der Waals surface area contributed by atoms with Crippen LogP contribution >= 0.6 is 0 Å². The maximum absolute atomic E-state index is 13.3. The fraction of sp³-hybridized carbons (Fsp3) is 0.474. The van der Waals surface area contributed by atoms with Crippen LogP contribution in [0, 0.1) is 5.82 Å². The van der Waals surface area contributed by atoms with E-state index in [0.717, 1.165) is 22.8 Å². The van der Waals surface area contributed by atoms with E-state index in [0.29, 0.717) is 13.1 Å². The van der Waals surface area contributed by atoms with Gasteiger partial charge in [-0.15, -0.1) is 0 Å². The van der Waals surface area contributed by atoms with E-state index in [9.17, 15) is 9.18 Å². The molecule has 0 bridgehead atoms. The Kier molecular flexibility index (Phi) is 4.41. The van der Waals surface area contributed by atoms with E-state index < -0.39 is 5.54 Å². The number of carbonyl (C=O) groups excluding carboxylic acids is 1. The summed E-state index contributed by atoms with van der Waals surface area (Å²) < 4.78 is 15.5. The van der Waals surface area contributed by atoms with Gasteiger partial charge in [-0.2, -0.15) is 0 Å². The van der Waals surface area contributed by atoms with Gasteiger partial charge in [0.2, 0.25) is 5.91 Å². The third kappa shape index (κ3) is 2.84. The van der Waals surface area contributed by atoms with Crippen LogP contribution in [0.2, 0.25) is 0 Å². The maximum atomic E-state index is 13.3. The predicted molar refractivity (Wildman–Crippen MR) is 95.5 cm³/mol. The van der Waals surface area contributed by atoms with E-state index in [4.69, 9.17) is 10.7 Å². The van der Waals surface area contributed by atoms with Gasteiger partial charge in [0, 0.05) is 24.3 Å². The van der Waals surface area contributed by atoms with Gasteiger partial charge in [-0.3, -0.25) is 4.79 Å². The largest absolute Gasteiger partial charge is 0.327 e. The second-order valence-electron chi connectivity index (χ2n) is 7.29. The minimum atomic E-state index is -0.545. The number of hydrogen-bond acceptors (Lipinski definition) is 3. The summed E-state index contributed by atoms with van der Waals surface area (Å²) in [5.74, 6) is 0.769. The average molecular weight is 344 g/mol. The lowest BCUT2D eigenvalue weighted by molar-refractivity contribution is -0.137. The van der Waals surface area contributed by atoms with Crippen LogP contribution < -0.4 is 5.73 Å². The molecule has 1 aliphatic heterocycles. The van der Waals surface area contributed by atoms with E-state index in [1.807, 2.05) is 13.8 Å². The van der Waals surface area contributed by atoms with Gasteiger partial charge in [-0.25, -0.2) is 9.37 Å². The quantitative estimate of drug-likeness (QED) is 0.931. The summed E-state index contributed by atoms with van der Waals surface area (Å²) in [6.07, 6.45) is 0. The average Bonchev–Trinajstić information content (AvgIpc) is 2.96. The van der Waals surface area contributed by atoms with Crippen molar-refractivity contribution in [3.05, 3.63) is 41.6 Å². The smallest absolute Gasteiger partial charge is 0.237 e. The molecule has 0 fully saturated rings. The Labute approximate surface area is 147 Å². The molecule has 0 unspecified atom stereocenters. The first-order valence-electron chi connectivity index (χ1n) is 8.64. The highest BCUT2D eigenvalue weighted by molar-refractivity contribution is 5.79. The zero-order valence-corrected chi connectivity index (χ0v) is 15.2. The molecule has 5 nitrogen and oxygen atoms in total. The molecule has 25 heavy (non-hydrogen) atoms. The highest BCUT2D eigenvalue weighted by atomic mass is 19.1. The van der Waals surface area contributed by atoms with Crippen LogP contribution in [-0.2, 0) is 16.9 Å². The molecule has 0 radical (unpaired) electrons. The molecule has 2 N–H and O–H groups in total. The Hall–Kier alpha value is -2.21. The van der Waals surface area contributed by atoms with Crippen molar-refractivity contribution in [3.63, 3.8) is 0 Å². The first-order valence-corrected chi connectivity index (χ1v) is 8.64. The number of carbonyl (C=O) groups is 1. The standard InChI is InChI=1S/C19H25FN4O/c1-12(2)17-16(13-5-7-14(20)8-6-13)22-18-19(3,4)24(15(25)11-21)10-9-23(17)18/h5-8,12H,9-11,21H2,1-4H3. The Balaban J connectivity index is 2.17. The lowest BCUT2D eigenvalue weighted by Gasteiger charge is -2.42. The van der Waals surface area contributed by atoms with Gasteiger partial charge < -0.3 is 15.2 Å². The third-order valence-electron chi connectivity index (χ3n) is 4.92. The van der Waals surface area contributed by atoms with Crippen LogP contribution in [0.4, 0.5) is 4.39 Å². The van der Waals surface area contributed by atoms with E-state index in [2.05, 4.69) is 18.4 Å². The summed E-state index contributed by atoms with van der Waals surface area (Å²) in [7, 11) is 0. The molecule has 0 saturated heterocycles. The Morgan fingerprint density at radius 2 is 1.92 bits per heavy atom. The molecule has 0 atom stereocenters. The number of imidazole rings is 1. The van der Waals surface area contributed by atoms with Crippen molar-refractivity contribution in [2.45, 2.75) is 45.7 Å². The monoisotopic (exact) mass is 344 g/mol. The second-order valence-corrected chi connectivity index (χ2v) is 7.29. The molecule has 1 aliphatic rings. The van der Waals surface area contributed by atoms with Crippen LogP contribution in [0.15, 0.2) is 24.3 Å². The van der Waals surface area contributed by atoms with Gasteiger partial charge in [-0.05, 0) is 44.0 Å². The maximum Gasteiger partial charge on any atom is 0.237 e. The summed E-state index contributed by atoms with van der Waals surface area (Å²) in [6.45, 7) is 9.53. The summed E-state index contributed by atoms with van der Waals surface area (Å²) in [4.78, 5) is 18.9. The van der Waals surface area contributed by atoms with Crippen LogP contribution in [0.5, 0.6) is 0 Å². The Bertz CT molecular complexity index is 793. The Morgan fingerprint density at radius 3 is 2.48 bits per heavy atom. The number of rotatable bonds is 3. The highest BCUT2D eigenvalue weighted by Crippen LogP contribution is 2.38. The summed E-state index contributed by atoms with van der Waals surface area (Å²) in [5, 5.41) is 0. The van der Waals surface area contributed by atoms with Crippen LogP contribution in [-0.4, -0.2) is 33.4 Å². The van der Waals surface area contributed by atoms with Crippen LogP contribution in [0.1, 0.15) is 45.1 Å². The van der Waals surface area contributed by atoms with Gasteiger partial charge in [0.05, 0.1) is 17.8 Å². The first kappa shape index (κ1) is 17.6. The molecule has 0 saturated carbocycles. The van der Waals surface area contributed by atoms with Crippen molar-refractivity contribution < 1.29 is 9.18 Å². The Morgan fingerprint density at radius 1 is 1.28 bits per heavy atom. The number of hydrogen-bond donors (Lipinski definition) is 1. The van der Waals surface area contributed by atoms with Gasteiger partial charge in [0.25, 0.3) is 0 Å². The van der Waals surface area contributed by atoms with Crippen molar-refractivity contribution >= 4 is 5.91 Å². The third-order valence-corrected chi connectivity index (χ3v) is 4.92. The summed E-state index contributed by atoms with van der Waals surface area (Å²) >= 11 is 0. The minimum Gasteiger partial charge on any atom is -0.327 e. The fourth-order valence-electron chi connectivity index (χ4n) is 3.71. The number of nitrogens with two attached hydrogens (primary N) is 1. The molecule has 6 heteroatoms. The predicted octanol–water partition coefficient (Wildman–Crippen LogP) is 2.85. The molecular weight excluding hydrogens is 319 g/mol. The van der Waals surface area contributed by atoms with Gasteiger partial charge in [0.15, 0.2) is 0 Å². The van der Waals surface area contributed by atoms with E-state index in [-0.39, 0.29) is 24.2 Å². The molecule has 134 valence electrons. The van der Waals surface area contributed by atoms with Crippen molar-refractivity contribution in [2.24, 2.45) is 5.73 Å². The van der Waals surface area contributed by atoms with E-state index in [1.54, 1.807) is 17.0 Å². The molecule has 2 heterocycles. The number of benzene rings is 1. The number of fused-ring (bicyclic) bond motifs is 1. The number of aromatic nitrogens is 2. The molecule has 2 aromatic rings. The molecule has 0 spiro atoms. The molecule has 1 aromatic carbocycles. The lowest BCUT2D eigenvalue weighted by Crippen LogP contribution is -2.53. The number of halogens is 1. The van der Waals surface area contributed by atoms with Crippen molar-refractivity contribution in [1.29, 1.82) is 0 Å². The van der Waals surface area contributed by atoms with Crippen molar-refractivity contribution in [3.8, 4) is 11.3 Å². The zero-order chi connectivity index (χ0) is 18.4. The van der Waals surface area contributed by atoms with Gasteiger partial charge in [-0.1, -0.05) is 13.8 Å². The molecule has 1 aromatic heterocycles. The van der Waals surface area contributed by atoms with E-state index in [1.165, 1.54) is 12.1 Å². The van der Waals surface area contributed by atoms with E-state index >= 15 is 0 Å². The number of nitrogens with zero attached hydrogens (tertiary/aromatic N) is 3. The zero-order valence-electron chi connectivity index (χ0n) is 15.2. The normalized spacial score (nSPS) is 16.2. The lowest BCUT2D eigenvalue weighted by atomic mass is 9.98. The molecular formula is C19H25FN4O. The van der Waals surface area contributed by atoms with Gasteiger partial charge >= 0.3 is 0 Å². The topological polar surface area (TPSA) is 64.2 Å². The van der Waals surface area contributed by atoms with Crippen molar-refractivity contribution in [2.75, 3.05) is 13.1 Å². The summed E-state index contributed by atoms with van der Waals surface area (Å²) in [6, 6.07) is 6.41. The van der Waals surface area contributed by atoms with Crippen LogP contribution in [0.25, 0.3) is 11.3 Å². The second kappa shape index (κ2) is 6.26. The molecule has 1 amide bonds. The van der Waals surface area contributed by atoms with Crippen molar-refractivity contribution in [1.82, 2.24) is 14.5 Å².